The average Bonchev–Trinajstić information content (AvgIpc) is 2.90. The van der Waals surface area contributed by atoms with E-state index in [2.05, 4.69) is 9.59 Å². The molecule has 0 aliphatic heterocycles. The van der Waals surface area contributed by atoms with E-state index in [1.54, 1.807) is 6.92 Å². The summed E-state index contributed by atoms with van der Waals surface area (Å²) in [6.45, 7) is 1.68. The Morgan fingerprint density at radius 2 is 2.00 bits per heavy atom. The highest BCUT2D eigenvalue weighted by Crippen LogP contribution is 2.16. The third kappa shape index (κ3) is 3.43. The molecule has 21 heavy (non-hydrogen) atoms. The molecular weight excluding hydrogens is 290 g/mol. The number of nitrogens with zero attached hydrogens (tertiary/aromatic N) is 3. The molecule has 0 saturated heterocycles. The van der Waals surface area contributed by atoms with Crippen molar-refractivity contribution in [3.8, 4) is 0 Å². The van der Waals surface area contributed by atoms with Gasteiger partial charge in [0, 0.05) is 13.5 Å². The van der Waals surface area contributed by atoms with E-state index < -0.39 is 12.0 Å². The SMILES string of the molecule is Cc1nnsc1C(=O)N(C)[C@H](Cc1ccccc1)C(=O)O. The number of carbonyl (C=O) groups excluding carboxylic acids is 1. The molecule has 2 rings (SSSR count). The van der Waals surface area contributed by atoms with Gasteiger partial charge in [0.25, 0.3) is 5.91 Å². The molecule has 1 amide bonds. The van der Waals surface area contributed by atoms with Gasteiger partial charge in [-0.1, -0.05) is 34.8 Å². The van der Waals surface area contributed by atoms with E-state index in [1.165, 1.54) is 11.9 Å². The molecule has 0 bridgehead atoms. The number of aliphatic carboxylic acids is 1. The number of rotatable bonds is 5. The van der Waals surface area contributed by atoms with Crippen LogP contribution in [0, 0.1) is 6.92 Å². The number of carboxylic acids is 1. The van der Waals surface area contributed by atoms with Crippen LogP contribution in [0.2, 0.25) is 0 Å². The fourth-order valence-electron chi connectivity index (χ4n) is 1.96. The molecule has 110 valence electrons. The van der Waals surface area contributed by atoms with E-state index in [9.17, 15) is 14.7 Å². The number of benzene rings is 1. The predicted molar refractivity (Wildman–Crippen MR) is 78.3 cm³/mol. The Balaban J connectivity index is 2.20. The number of hydrogen-bond acceptors (Lipinski definition) is 5. The summed E-state index contributed by atoms with van der Waals surface area (Å²) in [5.41, 5.74) is 1.38. The number of hydrogen-bond donors (Lipinski definition) is 1. The molecule has 1 aromatic carbocycles. The van der Waals surface area contributed by atoms with Crippen molar-refractivity contribution in [2.24, 2.45) is 0 Å². The van der Waals surface area contributed by atoms with E-state index in [1.807, 2.05) is 30.3 Å². The zero-order valence-electron chi connectivity index (χ0n) is 11.7. The minimum absolute atomic E-state index is 0.254. The zero-order chi connectivity index (χ0) is 15.4. The Hall–Kier alpha value is -2.28. The lowest BCUT2D eigenvalue weighted by atomic mass is 10.0. The fourth-order valence-corrected chi connectivity index (χ4v) is 2.60. The molecule has 7 heteroatoms. The van der Waals surface area contributed by atoms with Crippen LogP contribution in [-0.2, 0) is 11.2 Å². The highest BCUT2D eigenvalue weighted by molar-refractivity contribution is 7.07. The molecule has 0 unspecified atom stereocenters. The second-order valence-corrected chi connectivity index (χ2v) is 5.40. The van der Waals surface area contributed by atoms with Gasteiger partial charge in [-0.2, -0.15) is 0 Å². The third-order valence-corrected chi connectivity index (χ3v) is 4.01. The summed E-state index contributed by atoms with van der Waals surface area (Å²) < 4.78 is 3.71. The van der Waals surface area contributed by atoms with Gasteiger partial charge in [-0.15, -0.1) is 5.10 Å². The zero-order valence-corrected chi connectivity index (χ0v) is 12.5. The van der Waals surface area contributed by atoms with Crippen molar-refractivity contribution < 1.29 is 14.7 Å². The summed E-state index contributed by atoms with van der Waals surface area (Å²) in [6, 6.07) is 8.30. The topological polar surface area (TPSA) is 83.4 Å². The Kier molecular flexibility index (Phi) is 4.64. The summed E-state index contributed by atoms with van der Waals surface area (Å²) in [5, 5.41) is 13.2. The lowest BCUT2D eigenvalue weighted by Gasteiger charge is -2.24. The molecule has 0 spiro atoms. The van der Waals surface area contributed by atoms with Crippen LogP contribution in [0.5, 0.6) is 0 Å². The van der Waals surface area contributed by atoms with E-state index in [-0.39, 0.29) is 12.3 Å². The van der Waals surface area contributed by atoms with Gasteiger partial charge in [0.15, 0.2) is 0 Å². The maximum absolute atomic E-state index is 12.4. The monoisotopic (exact) mass is 305 g/mol. The second kappa shape index (κ2) is 6.45. The van der Waals surface area contributed by atoms with Gasteiger partial charge < -0.3 is 10.0 Å². The van der Waals surface area contributed by atoms with Crippen molar-refractivity contribution >= 4 is 23.4 Å². The quantitative estimate of drug-likeness (QED) is 0.907. The van der Waals surface area contributed by atoms with Gasteiger partial charge in [0.05, 0.1) is 5.69 Å². The van der Waals surface area contributed by atoms with Crippen LogP contribution in [-0.4, -0.2) is 44.6 Å². The molecule has 1 atom stereocenters. The maximum atomic E-state index is 12.4. The summed E-state index contributed by atoms with van der Waals surface area (Å²) in [4.78, 5) is 25.4. The lowest BCUT2D eigenvalue weighted by Crippen LogP contribution is -2.43. The molecule has 0 saturated carbocycles. The van der Waals surface area contributed by atoms with E-state index in [0.717, 1.165) is 17.1 Å². The van der Waals surface area contributed by atoms with E-state index >= 15 is 0 Å². The van der Waals surface area contributed by atoms with E-state index in [0.29, 0.717) is 10.6 Å². The Labute approximate surface area is 126 Å². The first-order chi connectivity index (χ1) is 10.0. The number of carbonyl (C=O) groups is 2. The lowest BCUT2D eigenvalue weighted by molar-refractivity contribution is -0.141. The Bertz CT molecular complexity index is 642. The summed E-state index contributed by atoms with van der Waals surface area (Å²) >= 11 is 0.976. The van der Waals surface area contributed by atoms with Gasteiger partial charge >= 0.3 is 5.97 Å². The number of aryl methyl sites for hydroxylation is 1. The van der Waals surface area contributed by atoms with Crippen LogP contribution in [0.25, 0.3) is 0 Å². The first-order valence-corrected chi connectivity index (χ1v) is 7.11. The minimum atomic E-state index is -1.04. The van der Waals surface area contributed by atoms with E-state index in [4.69, 9.17) is 0 Å². The summed E-state index contributed by atoms with van der Waals surface area (Å²) in [7, 11) is 1.49. The van der Waals surface area contributed by atoms with Crippen LogP contribution in [0.3, 0.4) is 0 Å². The first-order valence-electron chi connectivity index (χ1n) is 6.33. The largest absolute Gasteiger partial charge is 0.480 e. The number of amides is 1. The van der Waals surface area contributed by atoms with Crippen LogP contribution >= 0.6 is 11.5 Å². The van der Waals surface area contributed by atoms with Crippen molar-refractivity contribution in [2.75, 3.05) is 7.05 Å². The normalized spacial score (nSPS) is 11.9. The molecule has 2 aromatic rings. The molecule has 6 nitrogen and oxygen atoms in total. The molecule has 0 radical (unpaired) electrons. The van der Waals surface area contributed by atoms with Crippen molar-refractivity contribution in [1.82, 2.24) is 14.5 Å². The number of likely N-dealkylation sites (N-methyl/N-ethyl adjacent to an activating group) is 1. The van der Waals surface area contributed by atoms with Gasteiger partial charge in [0.1, 0.15) is 10.9 Å². The summed E-state index contributed by atoms with van der Waals surface area (Å²) in [5.74, 6) is -1.41. The Morgan fingerprint density at radius 1 is 1.33 bits per heavy atom. The summed E-state index contributed by atoms with van der Waals surface area (Å²) in [6.07, 6.45) is 0.254. The maximum Gasteiger partial charge on any atom is 0.326 e. The van der Waals surface area contributed by atoms with Crippen molar-refractivity contribution in [3.63, 3.8) is 0 Å². The second-order valence-electron chi connectivity index (χ2n) is 4.65. The highest BCUT2D eigenvalue weighted by Gasteiger charge is 2.29. The first kappa shape index (κ1) is 15.1. The van der Waals surface area contributed by atoms with Crippen LogP contribution in [0.15, 0.2) is 30.3 Å². The predicted octanol–water partition coefficient (Wildman–Crippen LogP) is 1.61. The van der Waals surface area contributed by atoms with Gasteiger partial charge in [-0.3, -0.25) is 4.79 Å². The molecule has 0 aliphatic carbocycles. The molecular formula is C14H15N3O3S. The Morgan fingerprint density at radius 3 is 2.52 bits per heavy atom. The molecule has 0 fully saturated rings. The smallest absolute Gasteiger partial charge is 0.326 e. The van der Waals surface area contributed by atoms with Gasteiger partial charge in [0.2, 0.25) is 0 Å². The van der Waals surface area contributed by atoms with Gasteiger partial charge in [-0.05, 0) is 24.0 Å². The molecule has 1 aromatic heterocycles. The number of carboxylic acid groups (broad SMARTS) is 1. The fraction of sp³-hybridized carbons (Fsp3) is 0.286. The molecule has 1 N–H and O–H groups in total. The van der Waals surface area contributed by atoms with Crippen LogP contribution < -0.4 is 0 Å². The standard InChI is InChI=1S/C14H15N3O3S/c1-9-12(21-16-15-9)13(18)17(2)11(14(19)20)8-10-6-4-3-5-7-10/h3-7,11H,8H2,1-2H3,(H,19,20)/t11-/m1/s1. The molecule has 0 aliphatic rings. The number of aromatic nitrogens is 2. The highest BCUT2D eigenvalue weighted by atomic mass is 32.1. The van der Waals surface area contributed by atoms with Gasteiger partial charge in [-0.25, -0.2) is 4.79 Å². The minimum Gasteiger partial charge on any atom is -0.480 e. The van der Waals surface area contributed by atoms with Crippen molar-refractivity contribution in [3.05, 3.63) is 46.5 Å². The van der Waals surface area contributed by atoms with Crippen molar-refractivity contribution in [2.45, 2.75) is 19.4 Å². The van der Waals surface area contributed by atoms with Crippen molar-refractivity contribution in [1.29, 1.82) is 0 Å². The van der Waals surface area contributed by atoms with Crippen LogP contribution in [0.4, 0.5) is 0 Å². The average molecular weight is 305 g/mol. The third-order valence-electron chi connectivity index (χ3n) is 3.19. The van der Waals surface area contributed by atoms with Crippen LogP contribution in [0.1, 0.15) is 20.9 Å². The molecule has 1 heterocycles.